The van der Waals surface area contributed by atoms with Gasteiger partial charge in [0, 0.05) is 0 Å². The molecule has 0 bridgehead atoms. The molecular weight excluding hydrogens is 242 g/mol. The van der Waals surface area contributed by atoms with Gasteiger partial charge in [0.15, 0.2) is 0 Å². The molecule has 52 valence electrons. The van der Waals surface area contributed by atoms with Gasteiger partial charge in [-0.15, -0.1) is 0 Å². The van der Waals surface area contributed by atoms with E-state index in [0.717, 1.165) is 6.42 Å². The Morgan fingerprint density at radius 1 is 1.56 bits per heavy atom. The van der Waals surface area contributed by atoms with Crippen LogP contribution in [0.15, 0.2) is 22.1 Å². The number of rotatable bonds is 4. The molecule has 0 fully saturated rings. The predicted octanol–water partition coefficient (Wildman–Crippen LogP) is 1.91. The van der Waals surface area contributed by atoms with Crippen LogP contribution in [0.5, 0.6) is 0 Å². The average Bonchev–Trinajstić information content (AvgIpc) is 1.88. The second-order valence-electron chi connectivity index (χ2n) is 1.52. The van der Waals surface area contributed by atoms with Crippen LogP contribution in [0.1, 0.15) is 6.42 Å². The topological polar surface area (TPSA) is 0 Å². The molecule has 0 amide bonds. The summed E-state index contributed by atoms with van der Waals surface area (Å²) in [4.78, 5) is 2.37. The van der Waals surface area contributed by atoms with Crippen molar-refractivity contribution in [3.05, 3.63) is 22.1 Å². The second kappa shape index (κ2) is 6.64. The van der Waals surface area contributed by atoms with E-state index in [1.807, 2.05) is 6.08 Å². The van der Waals surface area contributed by atoms with Gasteiger partial charge in [0.25, 0.3) is 0 Å². The molecule has 9 heavy (non-hydrogen) atoms. The first-order valence-electron chi connectivity index (χ1n) is 2.72. The van der Waals surface area contributed by atoms with Crippen molar-refractivity contribution >= 4 is 29.9 Å². The zero-order valence-corrected chi connectivity index (χ0v) is 9.31. The molecule has 0 aromatic rings. The fraction of sp³-hybridized carbons (Fsp3) is 0.429. The summed E-state index contributed by atoms with van der Waals surface area (Å²) in [7, 11) is 0. The summed E-state index contributed by atoms with van der Waals surface area (Å²) in [5, 5.41) is 0. The van der Waals surface area contributed by atoms with E-state index >= 15 is 0 Å². The van der Waals surface area contributed by atoms with Crippen molar-refractivity contribution in [2.45, 2.75) is 18.1 Å². The van der Waals surface area contributed by atoms with Crippen molar-refractivity contribution < 1.29 is 0 Å². The minimum absolute atomic E-state index is 0.700. The van der Waals surface area contributed by atoms with Gasteiger partial charge >= 0.3 is 70.1 Å². The summed E-state index contributed by atoms with van der Waals surface area (Å²) in [6, 6.07) is 0. The quantitative estimate of drug-likeness (QED) is 0.531. The van der Waals surface area contributed by atoms with Crippen molar-refractivity contribution in [2.24, 2.45) is 0 Å². The summed E-state index contributed by atoms with van der Waals surface area (Å²) in [6.45, 7) is 3.71. The Bertz CT molecular complexity index is 105. The maximum absolute atomic E-state index is 3.71. The van der Waals surface area contributed by atoms with E-state index in [2.05, 4.69) is 23.2 Å². The molecule has 0 aliphatic rings. The van der Waals surface area contributed by atoms with E-state index < -0.39 is 0 Å². The molecule has 0 aromatic carbocycles. The number of hydrogen-bond donors (Lipinski definition) is 0. The number of hydrogen-bond acceptors (Lipinski definition) is 0. The van der Waals surface area contributed by atoms with Crippen LogP contribution in [0.3, 0.4) is 0 Å². The van der Waals surface area contributed by atoms with Gasteiger partial charge in [-0.1, -0.05) is 0 Å². The standard InChI is InChI=1S/C7H12Se2/c1-4-5-7(9-3)6-8-2/h4,6H,1,5H2,2-3H3/b7-6-. The van der Waals surface area contributed by atoms with Gasteiger partial charge in [-0.3, -0.25) is 0 Å². The van der Waals surface area contributed by atoms with Gasteiger partial charge in [-0.2, -0.15) is 0 Å². The van der Waals surface area contributed by atoms with Crippen molar-refractivity contribution in [3.63, 3.8) is 0 Å². The molecule has 0 unspecified atom stereocenters. The van der Waals surface area contributed by atoms with Gasteiger partial charge in [0.05, 0.1) is 0 Å². The molecule has 0 heterocycles. The molecule has 0 saturated heterocycles. The van der Waals surface area contributed by atoms with Gasteiger partial charge in [0.1, 0.15) is 0 Å². The van der Waals surface area contributed by atoms with E-state index in [1.54, 1.807) is 4.47 Å². The summed E-state index contributed by atoms with van der Waals surface area (Å²) in [5.74, 6) is 4.50. The second-order valence-corrected chi connectivity index (χ2v) is 4.96. The zero-order chi connectivity index (χ0) is 7.11. The molecule has 0 saturated carbocycles. The Morgan fingerprint density at radius 3 is 2.56 bits per heavy atom. The summed E-state index contributed by atoms with van der Waals surface area (Å²) in [5.41, 5.74) is 0. The van der Waals surface area contributed by atoms with Crippen LogP contribution in [-0.4, -0.2) is 29.9 Å². The third-order valence-electron chi connectivity index (χ3n) is 0.857. The Hall–Kier alpha value is 0.519. The molecule has 0 aliphatic carbocycles. The predicted molar refractivity (Wildman–Crippen MR) is 46.1 cm³/mol. The van der Waals surface area contributed by atoms with Crippen LogP contribution in [0.25, 0.3) is 0 Å². The van der Waals surface area contributed by atoms with Crippen LogP contribution in [0, 0.1) is 0 Å². The fourth-order valence-corrected chi connectivity index (χ4v) is 4.10. The van der Waals surface area contributed by atoms with E-state index in [4.69, 9.17) is 0 Å². The Labute approximate surface area is 70.1 Å². The Kier molecular flexibility index (Phi) is 7.02. The van der Waals surface area contributed by atoms with Gasteiger partial charge in [-0.05, 0) is 0 Å². The molecule has 0 N–H and O–H groups in total. The molecule has 0 aromatic heterocycles. The molecule has 0 atom stereocenters. The SMILES string of the molecule is C=CC/C(=C/[Se]C)[Se]C. The van der Waals surface area contributed by atoms with E-state index in [1.165, 1.54) is 0 Å². The van der Waals surface area contributed by atoms with Gasteiger partial charge in [-0.25, -0.2) is 0 Å². The number of allylic oxidation sites excluding steroid dienone is 2. The molecular formula is C7H12Se2. The normalized spacial score (nSPS) is 11.6. The molecule has 0 radical (unpaired) electrons. The van der Waals surface area contributed by atoms with E-state index in [-0.39, 0.29) is 0 Å². The fourth-order valence-electron chi connectivity index (χ4n) is 0.453. The monoisotopic (exact) mass is 256 g/mol. The molecule has 0 aliphatic heterocycles. The first-order chi connectivity index (χ1) is 4.35. The van der Waals surface area contributed by atoms with Crippen molar-refractivity contribution in [2.75, 3.05) is 0 Å². The van der Waals surface area contributed by atoms with Crippen LogP contribution >= 0.6 is 0 Å². The van der Waals surface area contributed by atoms with Crippen LogP contribution < -0.4 is 0 Å². The third-order valence-corrected chi connectivity index (χ3v) is 4.40. The van der Waals surface area contributed by atoms with Crippen molar-refractivity contribution in [3.8, 4) is 0 Å². The molecule has 0 rings (SSSR count). The average molecular weight is 254 g/mol. The summed E-state index contributed by atoms with van der Waals surface area (Å²) >= 11 is 1.40. The van der Waals surface area contributed by atoms with Gasteiger partial charge in [0.2, 0.25) is 0 Å². The minimum atomic E-state index is 0.700. The van der Waals surface area contributed by atoms with Crippen molar-refractivity contribution in [1.29, 1.82) is 0 Å². The zero-order valence-electron chi connectivity index (χ0n) is 5.89. The summed E-state index contributed by atoms with van der Waals surface area (Å²) in [6.07, 6.45) is 3.09. The molecule has 0 spiro atoms. The molecule has 2 heteroatoms. The maximum atomic E-state index is 3.71. The molecule has 0 nitrogen and oxygen atoms in total. The Balaban J connectivity index is 3.65. The summed E-state index contributed by atoms with van der Waals surface area (Å²) < 4.78 is 1.60. The first kappa shape index (κ1) is 9.52. The van der Waals surface area contributed by atoms with Crippen molar-refractivity contribution in [1.82, 2.24) is 0 Å². The third kappa shape index (κ3) is 4.99. The Morgan fingerprint density at radius 2 is 2.22 bits per heavy atom. The van der Waals surface area contributed by atoms with Crippen LogP contribution in [0.4, 0.5) is 0 Å². The van der Waals surface area contributed by atoms with E-state index in [9.17, 15) is 0 Å². The first-order valence-corrected chi connectivity index (χ1v) is 7.99. The van der Waals surface area contributed by atoms with Crippen LogP contribution in [-0.2, 0) is 0 Å². The van der Waals surface area contributed by atoms with Gasteiger partial charge < -0.3 is 0 Å². The van der Waals surface area contributed by atoms with E-state index in [0.29, 0.717) is 29.9 Å². The van der Waals surface area contributed by atoms with Crippen LogP contribution in [0.2, 0.25) is 11.6 Å².